The number of nitrogens with one attached hydrogen (secondary N) is 1. The van der Waals surface area contributed by atoms with Gasteiger partial charge in [0.1, 0.15) is 19.3 Å². The Hall–Kier alpha value is -3.07. The number of phosphoric ester groups is 1. The Kier molecular flexibility index (Phi) is 54.0. The van der Waals surface area contributed by atoms with E-state index in [0.29, 0.717) is 23.9 Å². The van der Waals surface area contributed by atoms with Crippen molar-refractivity contribution in [3.63, 3.8) is 0 Å². The molecule has 77 heavy (non-hydrogen) atoms. The number of carbonyl (C=O) groups excluding carboxylic acids is 2. The largest absolute Gasteiger partial charge is 0.756 e. The average Bonchev–Trinajstić information content (AvgIpc) is 3.39. The van der Waals surface area contributed by atoms with E-state index in [9.17, 15) is 19.0 Å². The van der Waals surface area contributed by atoms with E-state index in [1.807, 2.05) is 33.3 Å². The third kappa shape index (κ3) is 57.4. The highest BCUT2D eigenvalue weighted by Gasteiger charge is 2.27. The molecule has 10 heteroatoms. The standard InChI is InChI=1S/C67H119N2O7P/c1-7-10-13-16-19-22-25-28-30-31-32-33-34-35-36-37-39-42-45-48-51-54-57-60-67(71)76-65(58-55-52-49-46-43-40-27-24-21-18-15-12-9-3)64(63-75-77(72,73)74-62-61-69(4,5)6)68-66(70)59-56-53-50-47-44-41-38-29-26-23-20-17-14-11-8-2/h10,13,19,22-23,26,28,30,32-33,35-36,39,42,55,58,64-65H,7-9,11-12,14-18,20-21,24-25,27,29,31,34,37-38,40-41,43-54,56-57,59-63H2,1-6H3,(H-,68,70,72,73)/b13-10-,22-19-,26-23-,30-28-,33-32-,36-35-,42-39-,58-55-. The van der Waals surface area contributed by atoms with E-state index in [-0.39, 0.29) is 24.9 Å². The Bertz CT molecular complexity index is 1640. The van der Waals surface area contributed by atoms with Crippen LogP contribution < -0.4 is 10.2 Å². The normalized spacial score (nSPS) is 14.3. The molecule has 0 aliphatic heterocycles. The van der Waals surface area contributed by atoms with Gasteiger partial charge in [-0.25, -0.2) is 0 Å². The monoisotopic (exact) mass is 1090 g/mol. The molecule has 0 aliphatic rings. The van der Waals surface area contributed by atoms with E-state index in [2.05, 4.69) is 111 Å². The molecule has 1 N–H and O–H groups in total. The van der Waals surface area contributed by atoms with E-state index in [4.69, 9.17) is 13.8 Å². The lowest BCUT2D eigenvalue weighted by atomic mass is 10.0. The molecule has 0 aromatic carbocycles. The third-order valence-electron chi connectivity index (χ3n) is 13.5. The highest BCUT2D eigenvalue weighted by Crippen LogP contribution is 2.38. The van der Waals surface area contributed by atoms with Crippen molar-refractivity contribution >= 4 is 19.7 Å². The first-order chi connectivity index (χ1) is 37.4. The minimum absolute atomic E-state index is 0.0315. The van der Waals surface area contributed by atoms with Gasteiger partial charge in [0, 0.05) is 12.8 Å². The minimum Gasteiger partial charge on any atom is -0.756 e. The molecular weight excluding hydrogens is 976 g/mol. The summed E-state index contributed by atoms with van der Waals surface area (Å²) < 4.78 is 30.3. The van der Waals surface area contributed by atoms with Crippen molar-refractivity contribution in [2.24, 2.45) is 0 Å². The molecular formula is C67H119N2O7P. The zero-order valence-corrected chi connectivity index (χ0v) is 51.5. The molecule has 0 aliphatic carbocycles. The Morgan fingerprint density at radius 2 is 0.831 bits per heavy atom. The Labute approximate surface area is 475 Å². The molecule has 0 rings (SSSR count). The summed E-state index contributed by atoms with van der Waals surface area (Å²) in [5, 5.41) is 3.02. The van der Waals surface area contributed by atoms with Crippen LogP contribution in [0.15, 0.2) is 97.2 Å². The van der Waals surface area contributed by atoms with Crippen LogP contribution in [0.25, 0.3) is 0 Å². The Balaban J connectivity index is 5.31. The summed E-state index contributed by atoms with van der Waals surface area (Å²) in [6.07, 6.45) is 75.1. The molecule has 0 radical (unpaired) electrons. The fourth-order valence-electron chi connectivity index (χ4n) is 8.64. The van der Waals surface area contributed by atoms with E-state index in [1.165, 1.54) is 109 Å². The first-order valence-corrected chi connectivity index (χ1v) is 33.0. The number of unbranched alkanes of at least 4 members (excludes halogenated alkanes) is 26. The van der Waals surface area contributed by atoms with Crippen LogP contribution in [0.4, 0.5) is 0 Å². The van der Waals surface area contributed by atoms with Gasteiger partial charge in [0.15, 0.2) is 0 Å². The van der Waals surface area contributed by atoms with E-state index >= 15 is 0 Å². The summed E-state index contributed by atoms with van der Waals surface area (Å²) in [7, 11) is 1.16. The van der Waals surface area contributed by atoms with Gasteiger partial charge in [0.2, 0.25) is 5.91 Å². The van der Waals surface area contributed by atoms with Crippen LogP contribution in [0.1, 0.15) is 265 Å². The topological polar surface area (TPSA) is 114 Å². The number of phosphoric acid groups is 1. The quantitative estimate of drug-likeness (QED) is 0.0212. The van der Waals surface area contributed by atoms with Crippen LogP contribution in [-0.2, 0) is 27.9 Å². The predicted octanol–water partition coefficient (Wildman–Crippen LogP) is 18.9. The van der Waals surface area contributed by atoms with E-state index in [1.54, 1.807) is 0 Å². The first kappa shape index (κ1) is 73.9. The fraction of sp³-hybridized carbons (Fsp3) is 0.731. The number of hydrogen-bond acceptors (Lipinski definition) is 7. The molecule has 3 atom stereocenters. The summed E-state index contributed by atoms with van der Waals surface area (Å²) >= 11 is 0. The van der Waals surface area contributed by atoms with Gasteiger partial charge in [-0.15, -0.1) is 0 Å². The van der Waals surface area contributed by atoms with Crippen LogP contribution >= 0.6 is 7.82 Å². The lowest BCUT2D eigenvalue weighted by Gasteiger charge is -2.30. The molecule has 0 heterocycles. The smallest absolute Gasteiger partial charge is 0.306 e. The van der Waals surface area contributed by atoms with Gasteiger partial charge in [-0.2, -0.15) is 0 Å². The van der Waals surface area contributed by atoms with Crippen LogP contribution in [0.3, 0.4) is 0 Å². The van der Waals surface area contributed by atoms with Gasteiger partial charge in [-0.1, -0.05) is 240 Å². The van der Waals surface area contributed by atoms with Crippen molar-refractivity contribution in [3.05, 3.63) is 97.2 Å². The lowest BCUT2D eigenvalue weighted by molar-refractivity contribution is -0.870. The van der Waals surface area contributed by atoms with E-state index in [0.717, 1.165) is 116 Å². The summed E-state index contributed by atoms with van der Waals surface area (Å²) in [6, 6.07) is -0.906. The summed E-state index contributed by atoms with van der Waals surface area (Å²) in [5.41, 5.74) is 0. The molecule has 3 unspecified atom stereocenters. The summed E-state index contributed by atoms with van der Waals surface area (Å²) in [5.74, 6) is -0.577. The second-order valence-electron chi connectivity index (χ2n) is 22.2. The van der Waals surface area contributed by atoms with Crippen LogP contribution in [0, 0.1) is 0 Å². The van der Waals surface area contributed by atoms with Crippen molar-refractivity contribution in [1.29, 1.82) is 0 Å². The van der Waals surface area contributed by atoms with Gasteiger partial charge in [-0.3, -0.25) is 14.2 Å². The second kappa shape index (κ2) is 56.2. The molecule has 9 nitrogen and oxygen atoms in total. The maximum atomic E-state index is 13.5. The zero-order valence-electron chi connectivity index (χ0n) is 50.6. The molecule has 1 amide bonds. The van der Waals surface area contributed by atoms with Crippen molar-refractivity contribution in [2.45, 2.75) is 277 Å². The van der Waals surface area contributed by atoms with Crippen LogP contribution in [0.5, 0.6) is 0 Å². The Morgan fingerprint density at radius 3 is 1.27 bits per heavy atom. The van der Waals surface area contributed by atoms with E-state index < -0.39 is 26.6 Å². The van der Waals surface area contributed by atoms with Crippen molar-refractivity contribution in [2.75, 3.05) is 40.9 Å². The number of quaternary nitrogens is 1. The number of rotatable bonds is 56. The molecule has 0 aromatic heterocycles. The molecule has 0 fully saturated rings. The van der Waals surface area contributed by atoms with Gasteiger partial charge in [0.25, 0.3) is 7.82 Å². The van der Waals surface area contributed by atoms with Crippen LogP contribution in [0.2, 0.25) is 0 Å². The maximum Gasteiger partial charge on any atom is 0.306 e. The highest BCUT2D eigenvalue weighted by atomic mass is 31.2. The molecule has 0 saturated carbocycles. The predicted molar refractivity (Wildman–Crippen MR) is 330 cm³/mol. The fourth-order valence-corrected chi connectivity index (χ4v) is 9.36. The summed E-state index contributed by atoms with van der Waals surface area (Å²) in [4.78, 5) is 40.0. The molecule has 0 aromatic rings. The summed E-state index contributed by atoms with van der Waals surface area (Å²) in [6.45, 7) is 6.70. The molecule has 0 spiro atoms. The van der Waals surface area contributed by atoms with Gasteiger partial charge < -0.3 is 28.5 Å². The molecule has 444 valence electrons. The molecule has 0 bridgehead atoms. The number of amides is 1. The van der Waals surface area contributed by atoms with Gasteiger partial charge in [-0.05, 0) is 109 Å². The number of esters is 1. The maximum absolute atomic E-state index is 13.5. The van der Waals surface area contributed by atoms with Gasteiger partial charge in [0.05, 0.1) is 33.8 Å². The van der Waals surface area contributed by atoms with Crippen molar-refractivity contribution in [3.8, 4) is 0 Å². The number of ether oxygens (including phenoxy) is 1. The van der Waals surface area contributed by atoms with Gasteiger partial charge >= 0.3 is 5.97 Å². The number of likely N-dealkylation sites (N-methyl/N-ethyl adjacent to an activating group) is 1. The number of carbonyl (C=O) groups is 2. The van der Waals surface area contributed by atoms with Crippen molar-refractivity contribution < 1.29 is 37.3 Å². The number of hydrogen-bond donors (Lipinski definition) is 1. The highest BCUT2D eigenvalue weighted by molar-refractivity contribution is 7.45. The SMILES string of the molecule is CC/C=C\C/C=C\C/C=C\C/C=C\C/C=C\C/C=C\CCCCCCC(=O)OC(/C=C\CCCCCCCCCCCCC)C(COP(=O)([O-])OCC[N+](C)(C)C)NC(=O)CCCCCCCCC/C=C\CCCCCC. The van der Waals surface area contributed by atoms with Crippen LogP contribution in [-0.4, -0.2) is 69.4 Å². The molecule has 0 saturated heterocycles. The third-order valence-corrected chi connectivity index (χ3v) is 14.5. The Morgan fingerprint density at radius 1 is 0.468 bits per heavy atom. The first-order valence-electron chi connectivity index (χ1n) is 31.5. The average molecular weight is 1100 g/mol. The zero-order chi connectivity index (χ0) is 56.4. The number of nitrogens with zero attached hydrogens (tertiary/aromatic N) is 1. The lowest BCUT2D eigenvalue weighted by Crippen LogP contribution is -2.47. The second-order valence-corrected chi connectivity index (χ2v) is 23.6. The number of allylic oxidation sites excluding steroid dienone is 15. The van der Waals surface area contributed by atoms with Crippen molar-refractivity contribution in [1.82, 2.24) is 5.32 Å². The minimum atomic E-state index is -4.71.